The van der Waals surface area contributed by atoms with Gasteiger partial charge in [0.1, 0.15) is 0 Å². The molecule has 0 aromatic rings. The predicted molar refractivity (Wildman–Crippen MR) is 49.2 cm³/mol. The Bertz CT molecular complexity index is 119. The number of hydrogen-bond acceptors (Lipinski definition) is 2. The highest BCUT2D eigenvalue weighted by Gasteiger charge is 1.93. The second-order valence-electron chi connectivity index (χ2n) is 3.14. The summed E-state index contributed by atoms with van der Waals surface area (Å²) in [6.45, 7) is 6.51. The Labute approximate surface area is 69.3 Å². The number of rotatable bonds is 5. The van der Waals surface area contributed by atoms with Crippen LogP contribution in [0.4, 0.5) is 0 Å². The molecule has 0 saturated carbocycles. The maximum atomic E-state index is 8.52. The van der Waals surface area contributed by atoms with Crippen molar-refractivity contribution in [2.45, 2.75) is 46.1 Å². The van der Waals surface area contributed by atoms with E-state index in [0.717, 1.165) is 19.3 Å². The van der Waals surface area contributed by atoms with E-state index in [-0.39, 0.29) is 0 Å². The van der Waals surface area contributed by atoms with Gasteiger partial charge in [0.05, 0.1) is 0 Å². The number of aliphatic imine (C=N–C) groups is 1. The highest BCUT2D eigenvalue weighted by atomic mass is 16.2. The highest BCUT2D eigenvalue weighted by molar-refractivity contribution is 5.81. The van der Waals surface area contributed by atoms with Crippen molar-refractivity contribution in [1.29, 1.82) is 0 Å². The fourth-order valence-electron chi connectivity index (χ4n) is 0.998. The maximum absolute atomic E-state index is 8.52. The van der Waals surface area contributed by atoms with Gasteiger partial charge in [0.15, 0.2) is 0 Å². The van der Waals surface area contributed by atoms with Crippen molar-refractivity contribution < 1.29 is 5.11 Å². The molecule has 0 aromatic heterocycles. The Morgan fingerprint density at radius 1 is 1.36 bits per heavy atom. The quantitative estimate of drug-likeness (QED) is 0.480. The Balaban J connectivity index is 3.43. The van der Waals surface area contributed by atoms with Crippen molar-refractivity contribution in [2.75, 3.05) is 6.61 Å². The summed E-state index contributed by atoms with van der Waals surface area (Å²) in [6.07, 6.45) is 2.97. The minimum Gasteiger partial charge on any atom is -0.396 e. The van der Waals surface area contributed by atoms with Crippen LogP contribution in [0.5, 0.6) is 0 Å². The number of hydrogen-bond donors (Lipinski definition) is 1. The van der Waals surface area contributed by atoms with E-state index in [9.17, 15) is 0 Å². The van der Waals surface area contributed by atoms with Crippen molar-refractivity contribution in [1.82, 2.24) is 0 Å². The van der Waals surface area contributed by atoms with E-state index in [1.807, 2.05) is 0 Å². The molecular formula is C9H19NO. The maximum Gasteiger partial charge on any atom is 0.0442 e. The first kappa shape index (κ1) is 10.6. The van der Waals surface area contributed by atoms with Crippen LogP contribution in [-0.4, -0.2) is 23.5 Å². The molecule has 0 spiro atoms. The molecule has 2 nitrogen and oxygen atoms in total. The molecule has 1 N–H and O–H groups in total. The van der Waals surface area contributed by atoms with Crippen LogP contribution in [0, 0.1) is 0 Å². The van der Waals surface area contributed by atoms with Gasteiger partial charge in [-0.1, -0.05) is 0 Å². The zero-order chi connectivity index (χ0) is 8.69. The molecule has 0 saturated heterocycles. The molecule has 66 valence electrons. The molecule has 0 fully saturated rings. The molecule has 0 aliphatic rings. The first-order valence-corrected chi connectivity index (χ1v) is 4.31. The summed E-state index contributed by atoms with van der Waals surface area (Å²) in [5, 5.41) is 8.52. The standard InChI is InChI=1S/C9H19NO/c1-8(2)10-9(3)6-4-5-7-11/h8,11H,4-7H2,1-3H3. The van der Waals surface area contributed by atoms with Crippen LogP contribution in [0.15, 0.2) is 4.99 Å². The monoisotopic (exact) mass is 157 g/mol. The first-order valence-electron chi connectivity index (χ1n) is 4.31. The van der Waals surface area contributed by atoms with Crippen LogP contribution in [0.3, 0.4) is 0 Å². The summed E-state index contributed by atoms with van der Waals surface area (Å²) in [5.41, 5.74) is 1.20. The van der Waals surface area contributed by atoms with Gasteiger partial charge in [-0.15, -0.1) is 0 Å². The van der Waals surface area contributed by atoms with Crippen LogP contribution >= 0.6 is 0 Å². The lowest BCUT2D eigenvalue weighted by Crippen LogP contribution is -1.98. The molecule has 0 atom stereocenters. The second kappa shape index (κ2) is 6.35. The molecular weight excluding hydrogens is 138 g/mol. The van der Waals surface area contributed by atoms with Gasteiger partial charge in [-0.3, -0.25) is 4.99 Å². The lowest BCUT2D eigenvalue weighted by atomic mass is 10.2. The molecule has 0 heterocycles. The first-order chi connectivity index (χ1) is 5.16. The molecule has 0 aliphatic carbocycles. The van der Waals surface area contributed by atoms with Crippen LogP contribution in [0.25, 0.3) is 0 Å². The summed E-state index contributed by atoms with van der Waals surface area (Å²) < 4.78 is 0. The van der Waals surface area contributed by atoms with E-state index < -0.39 is 0 Å². The predicted octanol–water partition coefficient (Wildman–Crippen LogP) is 2.02. The van der Waals surface area contributed by atoms with Gasteiger partial charge in [-0.25, -0.2) is 0 Å². The molecule has 0 aliphatic heterocycles. The van der Waals surface area contributed by atoms with Gasteiger partial charge in [0.25, 0.3) is 0 Å². The van der Waals surface area contributed by atoms with Gasteiger partial charge < -0.3 is 5.11 Å². The summed E-state index contributed by atoms with van der Waals surface area (Å²) >= 11 is 0. The van der Waals surface area contributed by atoms with Crippen molar-refractivity contribution in [3.63, 3.8) is 0 Å². The van der Waals surface area contributed by atoms with Crippen molar-refractivity contribution in [3.05, 3.63) is 0 Å². The van der Waals surface area contributed by atoms with Crippen LogP contribution < -0.4 is 0 Å². The van der Waals surface area contributed by atoms with Crippen LogP contribution in [-0.2, 0) is 0 Å². The fraction of sp³-hybridized carbons (Fsp3) is 0.889. The minimum absolute atomic E-state index is 0.301. The summed E-state index contributed by atoms with van der Waals surface area (Å²) in [5.74, 6) is 0. The highest BCUT2D eigenvalue weighted by Crippen LogP contribution is 1.99. The van der Waals surface area contributed by atoms with Crippen LogP contribution in [0.1, 0.15) is 40.0 Å². The zero-order valence-corrected chi connectivity index (χ0v) is 7.80. The molecule has 0 amide bonds. The summed E-state index contributed by atoms with van der Waals surface area (Å²) in [6, 6.07) is 0.407. The largest absolute Gasteiger partial charge is 0.396 e. The smallest absolute Gasteiger partial charge is 0.0442 e. The molecule has 0 radical (unpaired) electrons. The second-order valence-corrected chi connectivity index (χ2v) is 3.14. The molecule has 0 unspecified atom stereocenters. The van der Waals surface area contributed by atoms with Gasteiger partial charge in [0, 0.05) is 18.4 Å². The minimum atomic E-state index is 0.301. The van der Waals surface area contributed by atoms with E-state index in [2.05, 4.69) is 25.8 Å². The molecule has 0 aromatic carbocycles. The Kier molecular flexibility index (Phi) is 6.13. The average Bonchev–Trinajstić information content (AvgIpc) is 1.86. The Morgan fingerprint density at radius 3 is 2.45 bits per heavy atom. The molecule has 0 rings (SSSR count). The van der Waals surface area contributed by atoms with Gasteiger partial charge in [-0.05, 0) is 40.0 Å². The normalized spacial score (nSPS) is 12.6. The zero-order valence-electron chi connectivity index (χ0n) is 7.80. The fourth-order valence-corrected chi connectivity index (χ4v) is 0.998. The molecule has 11 heavy (non-hydrogen) atoms. The van der Waals surface area contributed by atoms with E-state index in [1.54, 1.807) is 0 Å². The number of aliphatic hydroxyl groups excluding tert-OH is 1. The summed E-state index contributed by atoms with van der Waals surface area (Å²) in [4.78, 5) is 4.38. The SMILES string of the molecule is CC(CCCCO)=NC(C)C. The number of unbranched alkanes of at least 4 members (excludes halogenated alkanes) is 1. The van der Waals surface area contributed by atoms with E-state index in [4.69, 9.17) is 5.11 Å². The third kappa shape index (κ3) is 7.53. The Morgan fingerprint density at radius 2 is 2.00 bits per heavy atom. The topological polar surface area (TPSA) is 32.6 Å². The van der Waals surface area contributed by atoms with Gasteiger partial charge >= 0.3 is 0 Å². The lowest BCUT2D eigenvalue weighted by molar-refractivity contribution is 0.285. The van der Waals surface area contributed by atoms with E-state index in [1.165, 1.54) is 5.71 Å². The van der Waals surface area contributed by atoms with Gasteiger partial charge in [-0.2, -0.15) is 0 Å². The Hall–Kier alpha value is -0.370. The van der Waals surface area contributed by atoms with Gasteiger partial charge in [0.2, 0.25) is 0 Å². The lowest BCUT2D eigenvalue weighted by Gasteiger charge is -2.01. The van der Waals surface area contributed by atoms with Crippen molar-refractivity contribution >= 4 is 5.71 Å². The number of nitrogens with zero attached hydrogens (tertiary/aromatic N) is 1. The van der Waals surface area contributed by atoms with E-state index in [0.29, 0.717) is 12.6 Å². The third-order valence-electron chi connectivity index (χ3n) is 1.43. The number of aliphatic hydroxyl groups is 1. The molecule has 0 bridgehead atoms. The van der Waals surface area contributed by atoms with Crippen molar-refractivity contribution in [3.8, 4) is 0 Å². The van der Waals surface area contributed by atoms with Crippen LogP contribution in [0.2, 0.25) is 0 Å². The summed E-state index contributed by atoms with van der Waals surface area (Å²) in [7, 11) is 0. The van der Waals surface area contributed by atoms with E-state index >= 15 is 0 Å². The average molecular weight is 157 g/mol. The van der Waals surface area contributed by atoms with Crippen molar-refractivity contribution in [2.24, 2.45) is 4.99 Å². The third-order valence-corrected chi connectivity index (χ3v) is 1.43. The molecule has 2 heteroatoms.